The van der Waals surface area contributed by atoms with E-state index in [4.69, 9.17) is 32.7 Å². The Balaban J connectivity index is 3.22. The molecule has 0 amide bonds. The van der Waals surface area contributed by atoms with E-state index in [0.717, 1.165) is 0 Å². The molecule has 0 aliphatic carbocycles. The van der Waals surface area contributed by atoms with Gasteiger partial charge < -0.3 is 9.47 Å². The fourth-order valence-corrected chi connectivity index (χ4v) is 1.90. The molecule has 0 unspecified atom stereocenters. The van der Waals surface area contributed by atoms with E-state index >= 15 is 0 Å². The lowest BCUT2D eigenvalue weighted by molar-refractivity contribution is -0.132. The van der Waals surface area contributed by atoms with Gasteiger partial charge >= 0.3 is 5.97 Å². The van der Waals surface area contributed by atoms with E-state index in [2.05, 4.69) is 15.9 Å². The Morgan fingerprint density at radius 1 is 1.44 bits per heavy atom. The molecule has 16 heavy (non-hydrogen) atoms. The molecule has 6 heteroatoms. The highest BCUT2D eigenvalue weighted by atomic mass is 79.9. The summed E-state index contributed by atoms with van der Waals surface area (Å²) in [5, 5.41) is 0. The molecular weight excluding hydrogens is 319 g/mol. The third kappa shape index (κ3) is 3.27. The number of benzene rings is 1. The number of hydrogen-bond donors (Lipinski definition) is 0. The molecule has 0 atom stereocenters. The van der Waals surface area contributed by atoms with Gasteiger partial charge in [-0.1, -0.05) is 0 Å². The Labute approximate surface area is 112 Å². The minimum atomic E-state index is -0.670. The summed E-state index contributed by atoms with van der Waals surface area (Å²) in [6.07, 6.45) is 0. The van der Waals surface area contributed by atoms with Gasteiger partial charge in [-0.2, -0.15) is 0 Å². The lowest BCUT2D eigenvalue weighted by atomic mass is 10.2. The maximum Gasteiger partial charge on any atom is 0.308 e. The second kappa shape index (κ2) is 5.75. The second-order valence-electron chi connectivity index (χ2n) is 2.93. The summed E-state index contributed by atoms with van der Waals surface area (Å²) in [4.78, 5) is 10.2. The molecule has 1 aromatic carbocycles. The second-order valence-corrected chi connectivity index (χ2v) is 4.88. The van der Waals surface area contributed by atoms with E-state index in [1.54, 1.807) is 12.1 Å². The third-order valence-electron chi connectivity index (χ3n) is 1.75. The molecule has 0 heterocycles. The van der Waals surface area contributed by atoms with Crippen molar-refractivity contribution in [3.8, 4) is 11.5 Å². The zero-order chi connectivity index (χ0) is 12.3. The van der Waals surface area contributed by atoms with Gasteiger partial charge in [0.1, 0.15) is 4.84 Å². The lowest BCUT2D eigenvalue weighted by Crippen LogP contribution is -2.04. The van der Waals surface area contributed by atoms with Gasteiger partial charge in [0, 0.05) is 6.92 Å². The molecule has 0 radical (unpaired) electrons. The highest BCUT2D eigenvalue weighted by Gasteiger charge is 2.16. The monoisotopic (exact) mass is 326 g/mol. The quantitative estimate of drug-likeness (QED) is 0.480. The number of rotatable bonds is 3. The average Bonchev–Trinajstić information content (AvgIpc) is 2.19. The molecule has 0 fully saturated rings. The fraction of sp³-hybridized carbons (Fsp3) is 0.300. The van der Waals surface area contributed by atoms with E-state index in [1.165, 1.54) is 14.0 Å². The van der Waals surface area contributed by atoms with E-state index in [0.29, 0.717) is 21.5 Å². The van der Waals surface area contributed by atoms with Crippen LogP contribution >= 0.6 is 39.1 Å². The minimum Gasteiger partial charge on any atom is -0.493 e. The molecule has 0 spiro atoms. The number of carbonyl (C=O) groups is 1. The van der Waals surface area contributed by atoms with Crippen LogP contribution in [0.1, 0.15) is 17.3 Å². The summed E-state index contributed by atoms with van der Waals surface area (Å²) in [6, 6.07) is 3.29. The van der Waals surface area contributed by atoms with Crippen LogP contribution in [0.4, 0.5) is 0 Å². The van der Waals surface area contributed by atoms with Crippen molar-refractivity contribution in [2.24, 2.45) is 0 Å². The number of ether oxygens (including phenoxy) is 2. The number of alkyl halides is 2. The van der Waals surface area contributed by atoms with Gasteiger partial charge in [-0.05, 0) is 33.6 Å². The van der Waals surface area contributed by atoms with E-state index < -0.39 is 10.8 Å². The molecule has 0 saturated carbocycles. The molecule has 3 nitrogen and oxygen atoms in total. The molecule has 1 rings (SSSR count). The Kier molecular flexibility index (Phi) is 4.89. The van der Waals surface area contributed by atoms with Crippen LogP contribution in [-0.2, 0) is 4.79 Å². The Bertz CT molecular complexity index is 407. The lowest BCUT2D eigenvalue weighted by Gasteiger charge is -2.12. The largest absolute Gasteiger partial charge is 0.493 e. The van der Waals surface area contributed by atoms with Crippen molar-refractivity contribution >= 4 is 45.1 Å². The van der Waals surface area contributed by atoms with Gasteiger partial charge in [0.05, 0.1) is 11.6 Å². The first kappa shape index (κ1) is 13.6. The van der Waals surface area contributed by atoms with Crippen molar-refractivity contribution in [1.29, 1.82) is 0 Å². The zero-order valence-electron chi connectivity index (χ0n) is 8.59. The predicted octanol–water partition coefficient (Wildman–Crippen LogP) is 3.86. The van der Waals surface area contributed by atoms with Crippen LogP contribution in [0.3, 0.4) is 0 Å². The van der Waals surface area contributed by atoms with Crippen molar-refractivity contribution in [2.75, 3.05) is 7.11 Å². The average molecular weight is 328 g/mol. The van der Waals surface area contributed by atoms with Crippen LogP contribution in [0.5, 0.6) is 11.5 Å². The molecule has 0 N–H and O–H groups in total. The molecule has 0 aliphatic rings. The van der Waals surface area contributed by atoms with Crippen LogP contribution in [0, 0.1) is 0 Å². The fourth-order valence-electron chi connectivity index (χ4n) is 1.11. The van der Waals surface area contributed by atoms with E-state index in [9.17, 15) is 4.79 Å². The number of esters is 1. The van der Waals surface area contributed by atoms with Gasteiger partial charge in [-0.3, -0.25) is 4.79 Å². The van der Waals surface area contributed by atoms with Crippen molar-refractivity contribution in [3.05, 3.63) is 22.2 Å². The number of carbonyl (C=O) groups excluding carboxylic acids is 1. The van der Waals surface area contributed by atoms with Crippen molar-refractivity contribution in [1.82, 2.24) is 0 Å². The molecule has 88 valence electrons. The first-order chi connectivity index (χ1) is 7.45. The Hall–Kier alpha value is -0.450. The third-order valence-corrected chi connectivity index (χ3v) is 2.84. The topological polar surface area (TPSA) is 35.5 Å². The minimum absolute atomic E-state index is 0.313. The standard InChI is InChI=1S/C10H9BrCl2O3/c1-5(14)16-9-7(11)3-6(10(12)13)4-8(9)15-2/h3-4,10H,1-2H3. The van der Waals surface area contributed by atoms with Crippen LogP contribution in [-0.4, -0.2) is 13.1 Å². The first-order valence-corrected chi connectivity index (χ1v) is 5.96. The van der Waals surface area contributed by atoms with Gasteiger partial charge in [0.15, 0.2) is 11.5 Å². The molecular formula is C10H9BrCl2O3. The van der Waals surface area contributed by atoms with Crippen LogP contribution in [0.2, 0.25) is 0 Å². The van der Waals surface area contributed by atoms with Crippen molar-refractivity contribution < 1.29 is 14.3 Å². The number of methoxy groups -OCH3 is 1. The summed E-state index contributed by atoms with van der Waals surface area (Å²) >= 11 is 14.7. The smallest absolute Gasteiger partial charge is 0.308 e. The molecule has 0 aliphatic heterocycles. The Morgan fingerprint density at radius 3 is 2.50 bits per heavy atom. The molecule has 1 aromatic rings. The summed E-state index contributed by atoms with van der Waals surface area (Å²) in [6.45, 7) is 1.31. The van der Waals surface area contributed by atoms with Crippen LogP contribution < -0.4 is 9.47 Å². The highest BCUT2D eigenvalue weighted by Crippen LogP contribution is 2.40. The number of halogens is 3. The normalized spacial score (nSPS) is 10.4. The SMILES string of the molecule is COc1cc(C(Cl)Cl)cc(Br)c1OC(C)=O. The Morgan fingerprint density at radius 2 is 2.06 bits per heavy atom. The van der Waals surface area contributed by atoms with Gasteiger partial charge in [0.25, 0.3) is 0 Å². The summed E-state index contributed by atoms with van der Waals surface area (Å²) in [5.41, 5.74) is 0.656. The molecule has 0 aromatic heterocycles. The summed E-state index contributed by atoms with van der Waals surface area (Å²) in [5.74, 6) is 0.277. The van der Waals surface area contributed by atoms with E-state index in [1.807, 2.05) is 0 Å². The molecule has 0 saturated heterocycles. The van der Waals surface area contributed by atoms with E-state index in [-0.39, 0.29) is 0 Å². The van der Waals surface area contributed by atoms with Gasteiger partial charge in [-0.25, -0.2) is 0 Å². The van der Waals surface area contributed by atoms with Crippen LogP contribution in [0.25, 0.3) is 0 Å². The maximum absolute atomic E-state index is 10.9. The first-order valence-electron chi connectivity index (χ1n) is 4.29. The molecule has 0 bridgehead atoms. The van der Waals surface area contributed by atoms with Gasteiger partial charge in [0.2, 0.25) is 0 Å². The summed E-state index contributed by atoms with van der Waals surface area (Å²) < 4.78 is 10.7. The highest BCUT2D eigenvalue weighted by molar-refractivity contribution is 9.10. The maximum atomic E-state index is 10.9. The van der Waals surface area contributed by atoms with Crippen molar-refractivity contribution in [2.45, 2.75) is 11.8 Å². The zero-order valence-corrected chi connectivity index (χ0v) is 11.7. The predicted molar refractivity (Wildman–Crippen MR) is 66.5 cm³/mol. The summed E-state index contributed by atoms with van der Waals surface area (Å²) in [7, 11) is 1.47. The number of hydrogen-bond acceptors (Lipinski definition) is 3. The van der Waals surface area contributed by atoms with Crippen molar-refractivity contribution in [3.63, 3.8) is 0 Å². The van der Waals surface area contributed by atoms with Gasteiger partial charge in [-0.15, -0.1) is 23.2 Å². The van der Waals surface area contributed by atoms with Crippen LogP contribution in [0.15, 0.2) is 16.6 Å².